The molecule has 2 aliphatic rings. The number of esters is 1. The van der Waals surface area contributed by atoms with Gasteiger partial charge in [-0.3, -0.25) is 4.79 Å². The fourth-order valence-electron chi connectivity index (χ4n) is 3.62. The minimum atomic E-state index is -0.829. The largest absolute Gasteiger partial charge is 0.448 e. The van der Waals surface area contributed by atoms with Crippen LogP contribution in [0.4, 0.5) is 5.00 Å². The topological polar surface area (TPSA) is 68.3 Å². The molecule has 3 heterocycles. The normalized spacial score (nSPS) is 18.2. The van der Waals surface area contributed by atoms with Gasteiger partial charge in [-0.1, -0.05) is 30.3 Å². The molecule has 1 aromatic carbocycles. The second-order valence-electron chi connectivity index (χ2n) is 7.28. The molecule has 0 N–H and O–H groups in total. The highest BCUT2D eigenvalue weighted by Crippen LogP contribution is 2.39. The first kappa shape index (κ1) is 20.8. The third-order valence-electron chi connectivity index (χ3n) is 5.25. The fourth-order valence-corrected chi connectivity index (χ4v) is 4.73. The molecule has 2 aliphatic heterocycles. The zero-order chi connectivity index (χ0) is 20.9. The van der Waals surface area contributed by atoms with E-state index in [4.69, 9.17) is 14.2 Å². The van der Waals surface area contributed by atoms with Crippen LogP contribution in [0.15, 0.2) is 36.4 Å². The summed E-state index contributed by atoms with van der Waals surface area (Å²) in [5.74, 6) is -0.648. The highest BCUT2D eigenvalue weighted by molar-refractivity contribution is 7.18. The third kappa shape index (κ3) is 4.66. The van der Waals surface area contributed by atoms with Crippen LogP contribution in [0.2, 0.25) is 0 Å². The number of morpholine rings is 2. The summed E-state index contributed by atoms with van der Waals surface area (Å²) < 4.78 is 16.3. The number of amides is 1. The Balaban J connectivity index is 1.53. The number of rotatable bonds is 5. The molecule has 160 valence electrons. The van der Waals surface area contributed by atoms with Gasteiger partial charge in [-0.25, -0.2) is 4.79 Å². The number of anilines is 1. The summed E-state index contributed by atoms with van der Waals surface area (Å²) in [5.41, 5.74) is 2.05. The van der Waals surface area contributed by atoms with E-state index in [-0.39, 0.29) is 5.91 Å². The third-order valence-corrected chi connectivity index (χ3v) is 6.43. The first-order chi connectivity index (χ1) is 14.6. The molecule has 2 fully saturated rings. The van der Waals surface area contributed by atoms with Crippen LogP contribution in [-0.2, 0) is 19.0 Å². The maximum Gasteiger partial charge on any atom is 0.349 e. The van der Waals surface area contributed by atoms with Gasteiger partial charge in [-0.05, 0) is 18.6 Å². The average molecular weight is 431 g/mol. The van der Waals surface area contributed by atoms with E-state index in [2.05, 4.69) is 4.90 Å². The molecule has 1 aromatic heterocycles. The highest BCUT2D eigenvalue weighted by Gasteiger charge is 2.28. The van der Waals surface area contributed by atoms with Crippen LogP contribution in [0.1, 0.15) is 16.6 Å². The van der Waals surface area contributed by atoms with Crippen LogP contribution < -0.4 is 4.90 Å². The molecule has 4 rings (SSSR count). The predicted molar refractivity (Wildman–Crippen MR) is 115 cm³/mol. The summed E-state index contributed by atoms with van der Waals surface area (Å²) in [6.45, 7) is 6.60. The lowest BCUT2D eigenvalue weighted by atomic mass is 10.1. The number of carbonyl (C=O) groups excluding carboxylic acids is 2. The van der Waals surface area contributed by atoms with Crippen LogP contribution in [0.25, 0.3) is 11.1 Å². The number of thiophene rings is 1. The van der Waals surface area contributed by atoms with Crippen molar-refractivity contribution in [2.75, 3.05) is 57.5 Å². The lowest BCUT2D eigenvalue weighted by molar-refractivity contribution is -0.143. The van der Waals surface area contributed by atoms with Crippen molar-refractivity contribution in [2.24, 2.45) is 0 Å². The quantitative estimate of drug-likeness (QED) is 0.680. The molecule has 7 nitrogen and oxygen atoms in total. The summed E-state index contributed by atoms with van der Waals surface area (Å²) in [5, 5.41) is 1.03. The van der Waals surface area contributed by atoms with Gasteiger partial charge in [0.1, 0.15) is 4.88 Å². The van der Waals surface area contributed by atoms with E-state index >= 15 is 0 Å². The fraction of sp³-hybridized carbons (Fsp3) is 0.455. The maximum atomic E-state index is 12.9. The molecule has 2 saturated heterocycles. The summed E-state index contributed by atoms with van der Waals surface area (Å²) in [6, 6.07) is 11.9. The molecule has 0 saturated carbocycles. The van der Waals surface area contributed by atoms with Gasteiger partial charge < -0.3 is 24.0 Å². The Morgan fingerprint density at radius 3 is 2.30 bits per heavy atom. The van der Waals surface area contributed by atoms with E-state index in [0.29, 0.717) is 44.4 Å². The lowest BCUT2D eigenvalue weighted by Gasteiger charge is -2.29. The Hall–Kier alpha value is -2.42. The predicted octanol–water partition coefficient (Wildman–Crippen LogP) is 2.66. The van der Waals surface area contributed by atoms with E-state index < -0.39 is 12.1 Å². The van der Waals surface area contributed by atoms with Gasteiger partial charge in [-0.15, -0.1) is 11.3 Å². The first-order valence-electron chi connectivity index (χ1n) is 10.2. The number of nitrogens with zero attached hydrogens (tertiary/aromatic N) is 2. The van der Waals surface area contributed by atoms with Crippen molar-refractivity contribution >= 4 is 28.2 Å². The van der Waals surface area contributed by atoms with Gasteiger partial charge in [0.25, 0.3) is 5.91 Å². The summed E-state index contributed by atoms with van der Waals surface area (Å²) >= 11 is 1.41. The first-order valence-corrected chi connectivity index (χ1v) is 11.0. The minimum Gasteiger partial charge on any atom is -0.448 e. The van der Waals surface area contributed by atoms with Crippen LogP contribution in [0, 0.1) is 0 Å². The minimum absolute atomic E-state index is 0.181. The summed E-state index contributed by atoms with van der Waals surface area (Å²) in [4.78, 5) is 29.9. The Labute approximate surface area is 180 Å². The zero-order valence-corrected chi connectivity index (χ0v) is 17.9. The smallest absolute Gasteiger partial charge is 0.349 e. The van der Waals surface area contributed by atoms with Gasteiger partial charge >= 0.3 is 5.97 Å². The van der Waals surface area contributed by atoms with Crippen molar-refractivity contribution in [3.05, 3.63) is 41.3 Å². The summed E-state index contributed by atoms with van der Waals surface area (Å²) in [7, 11) is 0. The molecule has 8 heteroatoms. The lowest BCUT2D eigenvalue weighted by Crippen LogP contribution is -2.46. The Kier molecular flexibility index (Phi) is 6.66. The Morgan fingerprint density at radius 2 is 1.63 bits per heavy atom. The molecule has 0 radical (unpaired) electrons. The molecule has 30 heavy (non-hydrogen) atoms. The number of carbonyl (C=O) groups is 2. The zero-order valence-electron chi connectivity index (χ0n) is 17.0. The van der Waals surface area contributed by atoms with Crippen LogP contribution in [0.3, 0.4) is 0 Å². The molecule has 1 atom stereocenters. The van der Waals surface area contributed by atoms with Crippen LogP contribution >= 0.6 is 11.3 Å². The maximum absolute atomic E-state index is 12.9. The van der Waals surface area contributed by atoms with Crippen molar-refractivity contribution < 1.29 is 23.8 Å². The van der Waals surface area contributed by atoms with Crippen molar-refractivity contribution in [3.63, 3.8) is 0 Å². The average Bonchev–Trinajstić information content (AvgIpc) is 3.26. The van der Waals surface area contributed by atoms with Crippen molar-refractivity contribution in [1.29, 1.82) is 0 Å². The molecule has 0 spiro atoms. The second kappa shape index (κ2) is 9.59. The van der Waals surface area contributed by atoms with E-state index in [1.807, 2.05) is 36.4 Å². The van der Waals surface area contributed by atoms with Gasteiger partial charge in [0.15, 0.2) is 6.10 Å². The van der Waals surface area contributed by atoms with Crippen molar-refractivity contribution in [1.82, 2.24) is 4.90 Å². The van der Waals surface area contributed by atoms with Gasteiger partial charge in [0.05, 0.1) is 31.4 Å². The second-order valence-corrected chi connectivity index (χ2v) is 8.31. The van der Waals surface area contributed by atoms with E-state index in [0.717, 1.165) is 29.2 Å². The van der Waals surface area contributed by atoms with E-state index in [1.54, 1.807) is 11.8 Å². The van der Waals surface area contributed by atoms with Gasteiger partial charge in [0.2, 0.25) is 0 Å². The number of benzene rings is 1. The molecule has 1 unspecified atom stereocenters. The molecule has 0 aliphatic carbocycles. The summed E-state index contributed by atoms with van der Waals surface area (Å²) in [6.07, 6.45) is -0.829. The standard InChI is InChI=1S/C22H26N2O5S/c1-16(20(25)23-7-11-27-12-8-23)29-22(26)19-15-18(17-5-3-2-4-6-17)21(30-19)24-9-13-28-14-10-24/h2-6,15-16H,7-14H2,1H3. The molecular weight excluding hydrogens is 404 g/mol. The number of hydrogen-bond donors (Lipinski definition) is 0. The Bertz CT molecular complexity index is 873. The number of ether oxygens (including phenoxy) is 3. The molecular formula is C22H26N2O5S. The Morgan fingerprint density at radius 1 is 1.00 bits per heavy atom. The highest BCUT2D eigenvalue weighted by atomic mass is 32.1. The van der Waals surface area contributed by atoms with Crippen LogP contribution in [0.5, 0.6) is 0 Å². The molecule has 0 bridgehead atoms. The molecule has 1 amide bonds. The van der Waals surface area contributed by atoms with Gasteiger partial charge in [0, 0.05) is 31.7 Å². The van der Waals surface area contributed by atoms with Gasteiger partial charge in [-0.2, -0.15) is 0 Å². The molecule has 2 aromatic rings. The number of hydrogen-bond acceptors (Lipinski definition) is 7. The van der Waals surface area contributed by atoms with Crippen molar-refractivity contribution in [3.8, 4) is 11.1 Å². The van der Waals surface area contributed by atoms with E-state index in [1.165, 1.54) is 11.3 Å². The SMILES string of the molecule is CC(OC(=O)c1cc(-c2ccccc2)c(N2CCOCC2)s1)C(=O)N1CCOCC1. The monoisotopic (exact) mass is 430 g/mol. The van der Waals surface area contributed by atoms with Crippen molar-refractivity contribution in [2.45, 2.75) is 13.0 Å². The van der Waals surface area contributed by atoms with Crippen LogP contribution in [-0.4, -0.2) is 75.5 Å². The van der Waals surface area contributed by atoms with E-state index in [9.17, 15) is 9.59 Å².